The molecule has 0 aliphatic heterocycles. The fraction of sp³-hybridized carbons (Fsp3) is 0.350. The molecule has 0 aliphatic rings. The Morgan fingerprint density at radius 3 is 2.44 bits per heavy atom. The van der Waals surface area contributed by atoms with Crippen LogP contribution in [0.1, 0.15) is 31.4 Å². The lowest BCUT2D eigenvalue weighted by atomic mass is 10.1. The number of anilines is 1. The summed E-state index contributed by atoms with van der Waals surface area (Å²) in [6, 6.07) is 11.2. The van der Waals surface area contributed by atoms with Gasteiger partial charge in [0, 0.05) is 17.1 Å². The van der Waals surface area contributed by atoms with Crippen LogP contribution >= 0.6 is 11.6 Å². The number of ether oxygens (including phenoxy) is 2. The predicted octanol–water partition coefficient (Wildman–Crippen LogP) is 5.02. The predicted molar refractivity (Wildman–Crippen MR) is 102 cm³/mol. The van der Waals surface area contributed by atoms with Crippen LogP contribution in [0.4, 0.5) is 5.69 Å². The summed E-state index contributed by atoms with van der Waals surface area (Å²) in [5, 5.41) is 3.59. The quantitative estimate of drug-likeness (QED) is 0.718. The van der Waals surface area contributed by atoms with Crippen LogP contribution in [0.25, 0.3) is 0 Å². The van der Waals surface area contributed by atoms with Gasteiger partial charge in [0.15, 0.2) is 11.5 Å². The van der Waals surface area contributed by atoms with Crippen LogP contribution in [0.5, 0.6) is 11.5 Å². The molecule has 0 bridgehead atoms. The summed E-state index contributed by atoms with van der Waals surface area (Å²) in [5.41, 5.74) is 2.77. The molecule has 2 rings (SSSR count). The van der Waals surface area contributed by atoms with Crippen molar-refractivity contribution in [1.29, 1.82) is 0 Å². The van der Waals surface area contributed by atoms with E-state index in [9.17, 15) is 4.79 Å². The van der Waals surface area contributed by atoms with Gasteiger partial charge in [-0.05, 0) is 68.7 Å². The van der Waals surface area contributed by atoms with E-state index in [0.717, 1.165) is 28.3 Å². The first-order valence-corrected chi connectivity index (χ1v) is 8.85. The highest BCUT2D eigenvalue weighted by molar-refractivity contribution is 6.30. The number of halogens is 1. The highest BCUT2D eigenvalue weighted by Gasteiger charge is 2.09. The van der Waals surface area contributed by atoms with Crippen molar-refractivity contribution in [3.05, 3.63) is 52.5 Å². The molecule has 2 aromatic rings. The van der Waals surface area contributed by atoms with Crippen LogP contribution in [-0.2, 0) is 11.2 Å². The summed E-state index contributed by atoms with van der Waals surface area (Å²) in [6.45, 7) is 6.95. The van der Waals surface area contributed by atoms with E-state index in [1.807, 2.05) is 51.1 Å². The first kappa shape index (κ1) is 19.1. The number of benzene rings is 2. The molecule has 4 nitrogen and oxygen atoms in total. The molecule has 5 heteroatoms. The Balaban J connectivity index is 1.97. The molecular weight excluding hydrogens is 338 g/mol. The number of carbonyl (C=O) groups excluding carboxylic acids is 1. The van der Waals surface area contributed by atoms with Crippen molar-refractivity contribution >= 4 is 23.2 Å². The van der Waals surface area contributed by atoms with Crippen molar-refractivity contribution in [3.8, 4) is 11.5 Å². The summed E-state index contributed by atoms with van der Waals surface area (Å²) in [5.74, 6) is 1.42. The Morgan fingerprint density at radius 1 is 1.04 bits per heavy atom. The van der Waals surface area contributed by atoms with Crippen molar-refractivity contribution in [2.45, 2.75) is 33.6 Å². The maximum Gasteiger partial charge on any atom is 0.224 e. The molecule has 0 aliphatic carbocycles. The first-order valence-electron chi connectivity index (χ1n) is 8.48. The number of carbonyl (C=O) groups is 1. The van der Waals surface area contributed by atoms with Gasteiger partial charge in [-0.25, -0.2) is 0 Å². The average molecular weight is 362 g/mol. The van der Waals surface area contributed by atoms with Gasteiger partial charge in [-0.1, -0.05) is 17.7 Å². The highest BCUT2D eigenvalue weighted by Crippen LogP contribution is 2.29. The summed E-state index contributed by atoms with van der Waals surface area (Å²) in [4.78, 5) is 12.2. The van der Waals surface area contributed by atoms with E-state index < -0.39 is 0 Å². The second kappa shape index (κ2) is 9.33. The molecule has 1 amide bonds. The molecule has 1 N–H and O–H groups in total. The van der Waals surface area contributed by atoms with Gasteiger partial charge in [0.05, 0.1) is 13.2 Å². The van der Waals surface area contributed by atoms with E-state index in [2.05, 4.69) is 5.32 Å². The summed E-state index contributed by atoms with van der Waals surface area (Å²) >= 11 is 5.94. The van der Waals surface area contributed by atoms with Crippen LogP contribution in [-0.4, -0.2) is 19.1 Å². The van der Waals surface area contributed by atoms with Crippen LogP contribution in [0, 0.1) is 6.92 Å². The van der Waals surface area contributed by atoms with E-state index in [1.165, 1.54) is 0 Å². The third kappa shape index (κ3) is 5.68. The molecule has 25 heavy (non-hydrogen) atoms. The minimum atomic E-state index is -0.0303. The molecule has 0 fully saturated rings. The number of nitrogens with one attached hydrogen (secondary N) is 1. The third-order valence-corrected chi connectivity index (χ3v) is 3.95. The van der Waals surface area contributed by atoms with E-state index >= 15 is 0 Å². The number of hydrogen-bond acceptors (Lipinski definition) is 3. The van der Waals surface area contributed by atoms with Gasteiger partial charge < -0.3 is 14.8 Å². The number of amides is 1. The highest BCUT2D eigenvalue weighted by atomic mass is 35.5. The number of aryl methyl sites for hydroxylation is 2. The molecule has 0 heterocycles. The minimum absolute atomic E-state index is 0.0303. The van der Waals surface area contributed by atoms with Crippen LogP contribution in [0.3, 0.4) is 0 Å². The largest absolute Gasteiger partial charge is 0.490 e. The second-order valence-electron chi connectivity index (χ2n) is 5.65. The van der Waals surface area contributed by atoms with E-state index in [4.69, 9.17) is 21.1 Å². The fourth-order valence-electron chi connectivity index (χ4n) is 2.49. The van der Waals surface area contributed by atoms with Crippen molar-refractivity contribution in [2.24, 2.45) is 0 Å². The molecular formula is C20H24ClNO3. The molecule has 0 unspecified atom stereocenters. The van der Waals surface area contributed by atoms with Gasteiger partial charge >= 0.3 is 0 Å². The summed E-state index contributed by atoms with van der Waals surface area (Å²) in [6.07, 6.45) is 1.02. The topological polar surface area (TPSA) is 47.6 Å². The minimum Gasteiger partial charge on any atom is -0.490 e. The van der Waals surface area contributed by atoms with Gasteiger partial charge in [-0.15, -0.1) is 0 Å². The average Bonchev–Trinajstić information content (AvgIpc) is 2.58. The number of rotatable bonds is 8. The maximum absolute atomic E-state index is 12.2. The monoisotopic (exact) mass is 361 g/mol. The molecule has 0 radical (unpaired) electrons. The van der Waals surface area contributed by atoms with Crippen LogP contribution in [0.2, 0.25) is 5.02 Å². The first-order chi connectivity index (χ1) is 12.0. The summed E-state index contributed by atoms with van der Waals surface area (Å²) in [7, 11) is 0. The van der Waals surface area contributed by atoms with E-state index in [-0.39, 0.29) is 5.91 Å². The number of hydrogen-bond donors (Lipinski definition) is 1. The molecule has 0 saturated carbocycles. The van der Waals surface area contributed by atoms with E-state index in [0.29, 0.717) is 31.1 Å². The Labute approximate surface area is 154 Å². The van der Waals surface area contributed by atoms with E-state index in [1.54, 1.807) is 6.07 Å². The molecule has 0 spiro atoms. The Morgan fingerprint density at radius 2 is 1.76 bits per heavy atom. The van der Waals surface area contributed by atoms with Crippen LogP contribution in [0.15, 0.2) is 36.4 Å². The van der Waals surface area contributed by atoms with Gasteiger partial charge in [-0.2, -0.15) is 0 Å². The molecule has 134 valence electrons. The lowest BCUT2D eigenvalue weighted by Gasteiger charge is -2.13. The lowest BCUT2D eigenvalue weighted by Crippen LogP contribution is -2.13. The smallest absolute Gasteiger partial charge is 0.224 e. The van der Waals surface area contributed by atoms with Crippen molar-refractivity contribution < 1.29 is 14.3 Å². The SMILES string of the molecule is CCOc1ccc(CCC(=O)Nc2ccc(Cl)cc2C)cc1OCC. The zero-order valence-electron chi connectivity index (χ0n) is 14.9. The van der Waals surface area contributed by atoms with Gasteiger partial charge in [-0.3, -0.25) is 4.79 Å². The molecule has 0 atom stereocenters. The van der Waals surface area contributed by atoms with Crippen molar-refractivity contribution in [3.63, 3.8) is 0 Å². The third-order valence-electron chi connectivity index (χ3n) is 3.71. The Hall–Kier alpha value is -2.20. The van der Waals surface area contributed by atoms with Gasteiger partial charge in [0.1, 0.15) is 0 Å². The Kier molecular flexibility index (Phi) is 7.14. The zero-order chi connectivity index (χ0) is 18.2. The zero-order valence-corrected chi connectivity index (χ0v) is 15.7. The van der Waals surface area contributed by atoms with Crippen molar-refractivity contribution in [2.75, 3.05) is 18.5 Å². The molecule has 0 saturated heterocycles. The van der Waals surface area contributed by atoms with Gasteiger partial charge in [0.25, 0.3) is 0 Å². The summed E-state index contributed by atoms with van der Waals surface area (Å²) < 4.78 is 11.2. The Bertz CT molecular complexity index is 731. The lowest BCUT2D eigenvalue weighted by molar-refractivity contribution is -0.116. The molecule has 2 aromatic carbocycles. The van der Waals surface area contributed by atoms with Crippen LogP contribution < -0.4 is 14.8 Å². The maximum atomic E-state index is 12.2. The second-order valence-corrected chi connectivity index (χ2v) is 6.09. The normalized spacial score (nSPS) is 10.4. The fourth-order valence-corrected chi connectivity index (χ4v) is 2.72. The van der Waals surface area contributed by atoms with Gasteiger partial charge in [0.2, 0.25) is 5.91 Å². The standard InChI is InChI=1S/C20H24ClNO3/c1-4-24-18-10-6-15(13-19(18)25-5-2)7-11-20(23)22-17-9-8-16(21)12-14(17)3/h6,8-10,12-13H,4-5,7,11H2,1-3H3,(H,22,23). The van der Waals surface area contributed by atoms with Crippen molar-refractivity contribution in [1.82, 2.24) is 0 Å². The molecule has 0 aromatic heterocycles.